The third kappa shape index (κ3) is 5.27. The Hall–Kier alpha value is -0.750. The maximum absolute atomic E-state index is 11.6. The van der Waals surface area contributed by atoms with Crippen LogP contribution in [0, 0.1) is 5.41 Å². The SMILES string of the molecule is CC(C)(CNC(=O)CSC1CCNCC1)C(=O)O. The van der Waals surface area contributed by atoms with Crippen molar-refractivity contribution in [2.24, 2.45) is 5.41 Å². The van der Waals surface area contributed by atoms with Crippen LogP contribution in [0.1, 0.15) is 26.7 Å². The number of nitrogens with one attached hydrogen (secondary N) is 2. The Labute approximate surface area is 112 Å². The number of hydrogen-bond donors (Lipinski definition) is 3. The summed E-state index contributed by atoms with van der Waals surface area (Å²) in [6, 6.07) is 0. The summed E-state index contributed by atoms with van der Waals surface area (Å²) in [4.78, 5) is 22.5. The van der Waals surface area contributed by atoms with Crippen molar-refractivity contribution in [3.63, 3.8) is 0 Å². The lowest BCUT2D eigenvalue weighted by atomic mass is 9.94. The minimum Gasteiger partial charge on any atom is -0.481 e. The van der Waals surface area contributed by atoms with Crippen molar-refractivity contribution < 1.29 is 14.7 Å². The topological polar surface area (TPSA) is 78.4 Å². The summed E-state index contributed by atoms with van der Waals surface area (Å²) in [6.45, 7) is 5.43. The molecule has 0 spiro atoms. The lowest BCUT2D eigenvalue weighted by Gasteiger charge is -2.22. The molecule has 1 rings (SSSR count). The van der Waals surface area contributed by atoms with Crippen LogP contribution in [-0.4, -0.2) is 47.6 Å². The zero-order valence-corrected chi connectivity index (χ0v) is 11.8. The number of carboxylic acid groups (broad SMARTS) is 1. The monoisotopic (exact) mass is 274 g/mol. The summed E-state index contributed by atoms with van der Waals surface area (Å²) in [6.07, 6.45) is 2.19. The van der Waals surface area contributed by atoms with E-state index in [1.807, 2.05) is 0 Å². The van der Waals surface area contributed by atoms with Crippen LogP contribution in [0.25, 0.3) is 0 Å². The molecule has 0 aromatic heterocycles. The van der Waals surface area contributed by atoms with E-state index >= 15 is 0 Å². The lowest BCUT2D eigenvalue weighted by molar-refractivity contribution is -0.146. The maximum Gasteiger partial charge on any atom is 0.310 e. The molecule has 0 aromatic carbocycles. The summed E-state index contributed by atoms with van der Waals surface area (Å²) in [5.74, 6) is -0.554. The first-order valence-electron chi connectivity index (χ1n) is 6.24. The van der Waals surface area contributed by atoms with Crippen molar-refractivity contribution >= 4 is 23.6 Å². The predicted molar refractivity (Wildman–Crippen MR) is 72.8 cm³/mol. The van der Waals surface area contributed by atoms with Gasteiger partial charge in [-0.15, -0.1) is 11.8 Å². The number of carbonyl (C=O) groups excluding carboxylic acids is 1. The number of piperidine rings is 1. The number of aliphatic carboxylic acids is 1. The van der Waals surface area contributed by atoms with Gasteiger partial charge in [0.05, 0.1) is 11.2 Å². The van der Waals surface area contributed by atoms with E-state index in [9.17, 15) is 9.59 Å². The van der Waals surface area contributed by atoms with Crippen molar-refractivity contribution in [1.29, 1.82) is 0 Å². The minimum absolute atomic E-state index is 0.0761. The van der Waals surface area contributed by atoms with Gasteiger partial charge < -0.3 is 15.7 Å². The molecular formula is C12H22N2O3S. The quantitative estimate of drug-likeness (QED) is 0.664. The Morgan fingerprint density at radius 2 is 2.00 bits per heavy atom. The van der Waals surface area contributed by atoms with Crippen LogP contribution in [0.4, 0.5) is 0 Å². The molecule has 1 saturated heterocycles. The van der Waals surface area contributed by atoms with Gasteiger partial charge in [0, 0.05) is 11.8 Å². The van der Waals surface area contributed by atoms with Crippen LogP contribution in [0.5, 0.6) is 0 Å². The smallest absolute Gasteiger partial charge is 0.310 e. The van der Waals surface area contributed by atoms with E-state index in [-0.39, 0.29) is 12.5 Å². The molecule has 1 heterocycles. The molecule has 0 saturated carbocycles. The van der Waals surface area contributed by atoms with Crippen LogP contribution < -0.4 is 10.6 Å². The summed E-state index contributed by atoms with van der Waals surface area (Å²) in [5, 5.41) is 15.4. The second kappa shape index (κ2) is 6.99. The van der Waals surface area contributed by atoms with Gasteiger partial charge in [0.1, 0.15) is 0 Å². The Morgan fingerprint density at radius 3 is 2.56 bits per heavy atom. The van der Waals surface area contributed by atoms with Crippen LogP contribution >= 0.6 is 11.8 Å². The number of carboxylic acids is 1. The Bertz CT molecular complexity index is 302. The Morgan fingerprint density at radius 1 is 1.39 bits per heavy atom. The molecule has 0 aromatic rings. The van der Waals surface area contributed by atoms with Crippen molar-refractivity contribution in [1.82, 2.24) is 10.6 Å². The zero-order chi connectivity index (χ0) is 13.6. The van der Waals surface area contributed by atoms with Crippen LogP contribution in [0.15, 0.2) is 0 Å². The van der Waals surface area contributed by atoms with Gasteiger partial charge in [-0.2, -0.15) is 0 Å². The number of rotatable bonds is 6. The molecule has 0 bridgehead atoms. The summed E-state index contributed by atoms with van der Waals surface area (Å²) in [5.41, 5.74) is -0.908. The highest BCUT2D eigenvalue weighted by Crippen LogP contribution is 2.20. The highest BCUT2D eigenvalue weighted by Gasteiger charge is 2.27. The van der Waals surface area contributed by atoms with Crippen LogP contribution in [0.3, 0.4) is 0 Å². The number of thioether (sulfide) groups is 1. The fourth-order valence-electron chi connectivity index (χ4n) is 1.60. The molecule has 1 aliphatic rings. The molecule has 1 amide bonds. The first-order valence-corrected chi connectivity index (χ1v) is 7.29. The van der Waals surface area contributed by atoms with Crippen LogP contribution in [0.2, 0.25) is 0 Å². The summed E-state index contributed by atoms with van der Waals surface area (Å²) < 4.78 is 0. The van der Waals surface area contributed by atoms with Crippen LogP contribution in [-0.2, 0) is 9.59 Å². The molecule has 0 aliphatic carbocycles. The highest BCUT2D eigenvalue weighted by atomic mass is 32.2. The van der Waals surface area contributed by atoms with Gasteiger partial charge >= 0.3 is 5.97 Å². The number of hydrogen-bond acceptors (Lipinski definition) is 4. The molecule has 1 aliphatic heterocycles. The summed E-state index contributed by atoms with van der Waals surface area (Å²) in [7, 11) is 0. The van der Waals surface area contributed by atoms with Gasteiger partial charge in [0.2, 0.25) is 5.91 Å². The molecule has 0 unspecified atom stereocenters. The van der Waals surface area contributed by atoms with E-state index in [4.69, 9.17) is 5.11 Å². The second-order valence-corrected chi connectivity index (χ2v) is 6.51. The van der Waals surface area contributed by atoms with E-state index in [1.54, 1.807) is 25.6 Å². The highest BCUT2D eigenvalue weighted by molar-refractivity contribution is 8.00. The average molecular weight is 274 g/mol. The normalized spacial score (nSPS) is 17.4. The fraction of sp³-hybridized carbons (Fsp3) is 0.833. The van der Waals surface area contributed by atoms with Crippen molar-refractivity contribution in [3.8, 4) is 0 Å². The molecule has 6 heteroatoms. The maximum atomic E-state index is 11.6. The third-order valence-electron chi connectivity index (χ3n) is 3.04. The summed E-state index contributed by atoms with van der Waals surface area (Å²) >= 11 is 1.66. The van der Waals surface area contributed by atoms with Crippen molar-refractivity contribution in [3.05, 3.63) is 0 Å². The average Bonchev–Trinajstić information content (AvgIpc) is 2.35. The first-order chi connectivity index (χ1) is 8.42. The van der Waals surface area contributed by atoms with Crippen molar-refractivity contribution in [2.45, 2.75) is 31.9 Å². The molecule has 0 radical (unpaired) electrons. The Balaban J connectivity index is 2.19. The van der Waals surface area contributed by atoms with Gasteiger partial charge in [-0.05, 0) is 39.8 Å². The number of carbonyl (C=O) groups is 2. The fourth-order valence-corrected chi connectivity index (χ4v) is 2.66. The molecule has 104 valence electrons. The number of amides is 1. The van der Waals surface area contributed by atoms with Gasteiger partial charge in [-0.3, -0.25) is 9.59 Å². The molecule has 5 nitrogen and oxygen atoms in total. The molecule has 1 fully saturated rings. The Kier molecular flexibility index (Phi) is 5.95. The molecular weight excluding hydrogens is 252 g/mol. The largest absolute Gasteiger partial charge is 0.481 e. The van der Waals surface area contributed by atoms with Gasteiger partial charge in [0.25, 0.3) is 0 Å². The predicted octanol–water partition coefficient (Wildman–Crippen LogP) is 0.699. The van der Waals surface area contributed by atoms with E-state index < -0.39 is 11.4 Å². The van der Waals surface area contributed by atoms with Crippen molar-refractivity contribution in [2.75, 3.05) is 25.4 Å². The van der Waals surface area contributed by atoms with E-state index in [1.165, 1.54) is 0 Å². The van der Waals surface area contributed by atoms with E-state index in [0.717, 1.165) is 25.9 Å². The van der Waals surface area contributed by atoms with Gasteiger partial charge in [-0.25, -0.2) is 0 Å². The molecule has 0 atom stereocenters. The lowest BCUT2D eigenvalue weighted by Crippen LogP contribution is -2.40. The molecule has 18 heavy (non-hydrogen) atoms. The minimum atomic E-state index is -0.908. The first kappa shape index (κ1) is 15.3. The zero-order valence-electron chi connectivity index (χ0n) is 11.0. The van der Waals surface area contributed by atoms with E-state index in [0.29, 0.717) is 11.0 Å². The van der Waals surface area contributed by atoms with Gasteiger partial charge in [0.15, 0.2) is 0 Å². The standard InChI is InChI=1S/C12H22N2O3S/c1-12(2,11(16)17)8-14-10(15)7-18-9-3-5-13-6-4-9/h9,13H,3-8H2,1-2H3,(H,14,15)(H,16,17). The van der Waals surface area contributed by atoms with Gasteiger partial charge in [-0.1, -0.05) is 0 Å². The second-order valence-electron chi connectivity index (χ2n) is 5.23. The third-order valence-corrected chi connectivity index (χ3v) is 4.41. The molecule has 3 N–H and O–H groups in total. The van der Waals surface area contributed by atoms with E-state index in [2.05, 4.69) is 10.6 Å².